The highest BCUT2D eigenvalue weighted by atomic mass is 16.6. The van der Waals surface area contributed by atoms with Gasteiger partial charge in [-0.2, -0.15) is 0 Å². The Balaban J connectivity index is 1.25. The van der Waals surface area contributed by atoms with Crippen molar-refractivity contribution in [3.05, 3.63) is 29.8 Å². The summed E-state index contributed by atoms with van der Waals surface area (Å²) in [5, 5.41) is 9.13. The topological polar surface area (TPSA) is 89.9 Å². The van der Waals surface area contributed by atoms with Crippen LogP contribution in [0.1, 0.15) is 107 Å². The second-order valence-electron chi connectivity index (χ2n) is 11.8. The molecule has 0 amide bonds. The molecule has 0 saturated heterocycles. The van der Waals surface area contributed by atoms with Crippen LogP contribution in [0.15, 0.2) is 24.3 Å². The van der Waals surface area contributed by atoms with Crippen LogP contribution in [0, 0.1) is 41.9 Å². The van der Waals surface area contributed by atoms with Crippen molar-refractivity contribution < 1.29 is 29.0 Å². The summed E-state index contributed by atoms with van der Waals surface area (Å²) in [6.45, 7) is 2.27. The van der Waals surface area contributed by atoms with Crippen LogP contribution in [0.3, 0.4) is 0 Å². The van der Waals surface area contributed by atoms with E-state index in [9.17, 15) is 14.4 Å². The quantitative estimate of drug-likeness (QED) is 0.229. The van der Waals surface area contributed by atoms with Crippen LogP contribution in [0.25, 0.3) is 0 Å². The Hall–Kier alpha value is -2.81. The van der Waals surface area contributed by atoms with Crippen LogP contribution in [0.5, 0.6) is 5.75 Å². The van der Waals surface area contributed by atoms with E-state index in [0.717, 1.165) is 24.7 Å². The van der Waals surface area contributed by atoms with Crippen LogP contribution in [0.2, 0.25) is 0 Å². The average Bonchev–Trinajstić information content (AvgIpc) is 2.94. The third-order valence-corrected chi connectivity index (χ3v) is 9.36. The fourth-order valence-electron chi connectivity index (χ4n) is 6.88. The molecule has 3 aliphatic carbocycles. The molecule has 1 aromatic carbocycles. The largest absolute Gasteiger partial charge is 0.481 e. The van der Waals surface area contributed by atoms with Crippen LogP contribution < -0.4 is 4.74 Å². The first-order valence-electron chi connectivity index (χ1n) is 14.6. The monoisotopic (exact) mass is 522 g/mol. The van der Waals surface area contributed by atoms with E-state index in [0.29, 0.717) is 55.8 Å². The number of benzene rings is 1. The molecule has 3 saturated carbocycles. The lowest BCUT2D eigenvalue weighted by Crippen LogP contribution is -2.39. The van der Waals surface area contributed by atoms with E-state index in [-0.39, 0.29) is 17.8 Å². The molecule has 0 bridgehead atoms. The van der Waals surface area contributed by atoms with E-state index in [1.807, 2.05) is 0 Å². The van der Waals surface area contributed by atoms with E-state index in [1.54, 1.807) is 24.3 Å². The first-order chi connectivity index (χ1) is 18.3. The standard InChI is InChI=1S/C32H42O6/c1-3-5-22-6-8-23(9-7-22)24-18-20-32(4-2,21-19-24)38-31(36)27-14-16-28(17-15-27)37-30(35)26-12-10-25(11-13-26)29(33)34/h2,14-17,22-26H,3,5-13,18-21H2,1H3,(H,33,34). The summed E-state index contributed by atoms with van der Waals surface area (Å²) in [5.74, 6) is 3.22. The SMILES string of the molecule is C#CC1(OC(=O)c2ccc(OC(=O)C3CCC(C(=O)O)CC3)cc2)CCC(C2CCC(CCC)CC2)CC1. The maximum atomic E-state index is 13.0. The average molecular weight is 523 g/mol. The van der Waals surface area contributed by atoms with E-state index < -0.39 is 17.5 Å². The fraction of sp³-hybridized carbons (Fsp3) is 0.656. The third-order valence-electron chi connectivity index (χ3n) is 9.36. The molecule has 6 nitrogen and oxygen atoms in total. The Morgan fingerprint density at radius 1 is 0.895 bits per heavy atom. The highest BCUT2D eigenvalue weighted by Gasteiger charge is 2.40. The van der Waals surface area contributed by atoms with Gasteiger partial charge < -0.3 is 14.6 Å². The zero-order valence-electron chi connectivity index (χ0n) is 22.7. The molecule has 0 aliphatic heterocycles. The van der Waals surface area contributed by atoms with Crippen molar-refractivity contribution in [2.45, 2.75) is 102 Å². The summed E-state index contributed by atoms with van der Waals surface area (Å²) in [6, 6.07) is 6.37. The molecule has 3 fully saturated rings. The molecule has 38 heavy (non-hydrogen) atoms. The highest BCUT2D eigenvalue weighted by molar-refractivity contribution is 5.90. The van der Waals surface area contributed by atoms with Crippen molar-refractivity contribution in [2.75, 3.05) is 0 Å². The van der Waals surface area contributed by atoms with Crippen LogP contribution in [-0.2, 0) is 14.3 Å². The number of carboxylic acids is 1. The molecule has 4 rings (SSSR count). The van der Waals surface area contributed by atoms with Gasteiger partial charge in [-0.25, -0.2) is 4.79 Å². The van der Waals surface area contributed by atoms with E-state index >= 15 is 0 Å². The molecule has 206 valence electrons. The molecule has 6 heteroatoms. The molecule has 0 heterocycles. The number of aliphatic carboxylic acids is 1. The lowest BCUT2D eigenvalue weighted by Gasteiger charge is -2.41. The Kier molecular flexibility index (Phi) is 9.52. The van der Waals surface area contributed by atoms with Gasteiger partial charge in [-0.05, 0) is 106 Å². The van der Waals surface area contributed by atoms with Crippen molar-refractivity contribution in [2.24, 2.45) is 29.6 Å². The molecule has 1 N–H and O–H groups in total. The Labute approximate surface area is 226 Å². The summed E-state index contributed by atoms with van der Waals surface area (Å²) in [4.78, 5) is 36.6. The summed E-state index contributed by atoms with van der Waals surface area (Å²) >= 11 is 0. The van der Waals surface area contributed by atoms with Gasteiger partial charge >= 0.3 is 17.9 Å². The molecular formula is C32H42O6. The van der Waals surface area contributed by atoms with Crippen LogP contribution in [-0.4, -0.2) is 28.6 Å². The smallest absolute Gasteiger partial charge is 0.339 e. The van der Waals surface area contributed by atoms with Gasteiger partial charge in [0.05, 0.1) is 17.4 Å². The predicted octanol–water partition coefficient (Wildman–Crippen LogP) is 6.81. The van der Waals surface area contributed by atoms with Gasteiger partial charge in [0.25, 0.3) is 0 Å². The lowest BCUT2D eigenvalue weighted by atomic mass is 9.68. The number of carbonyl (C=O) groups is 3. The molecule has 0 radical (unpaired) electrons. The number of rotatable bonds is 8. The van der Waals surface area contributed by atoms with Gasteiger partial charge in [0.1, 0.15) is 5.75 Å². The normalized spacial score (nSPS) is 31.5. The molecule has 1 aromatic rings. The number of hydrogen-bond donors (Lipinski definition) is 1. The molecule has 0 atom stereocenters. The predicted molar refractivity (Wildman–Crippen MR) is 144 cm³/mol. The van der Waals surface area contributed by atoms with Crippen molar-refractivity contribution in [1.29, 1.82) is 0 Å². The summed E-state index contributed by atoms with van der Waals surface area (Å²) in [7, 11) is 0. The van der Waals surface area contributed by atoms with Crippen molar-refractivity contribution >= 4 is 17.9 Å². The zero-order chi connectivity index (χ0) is 27.1. The Bertz CT molecular complexity index is 997. The summed E-state index contributed by atoms with van der Waals surface area (Å²) in [5.41, 5.74) is -0.481. The summed E-state index contributed by atoms with van der Waals surface area (Å²) in [6.07, 6.45) is 19.3. The minimum Gasteiger partial charge on any atom is -0.481 e. The van der Waals surface area contributed by atoms with Crippen molar-refractivity contribution in [1.82, 2.24) is 0 Å². The van der Waals surface area contributed by atoms with Gasteiger partial charge in [-0.15, -0.1) is 6.42 Å². The van der Waals surface area contributed by atoms with Gasteiger partial charge in [0, 0.05) is 0 Å². The number of hydrogen-bond acceptors (Lipinski definition) is 5. The fourth-order valence-corrected chi connectivity index (χ4v) is 6.88. The number of ether oxygens (including phenoxy) is 2. The van der Waals surface area contributed by atoms with E-state index in [4.69, 9.17) is 21.0 Å². The highest BCUT2D eigenvalue weighted by Crippen LogP contribution is 2.44. The van der Waals surface area contributed by atoms with Gasteiger partial charge in [0.2, 0.25) is 0 Å². The molecule has 0 unspecified atom stereocenters. The minimum atomic E-state index is -0.854. The molecule has 3 aliphatic rings. The van der Waals surface area contributed by atoms with E-state index in [1.165, 1.54) is 38.5 Å². The van der Waals surface area contributed by atoms with Gasteiger partial charge in [0.15, 0.2) is 5.60 Å². The van der Waals surface area contributed by atoms with Crippen molar-refractivity contribution in [3.8, 4) is 18.1 Å². The van der Waals surface area contributed by atoms with Crippen LogP contribution in [0.4, 0.5) is 0 Å². The second kappa shape index (κ2) is 12.8. The summed E-state index contributed by atoms with van der Waals surface area (Å²) < 4.78 is 11.4. The molecule has 0 spiro atoms. The first-order valence-corrected chi connectivity index (χ1v) is 14.6. The van der Waals surface area contributed by atoms with Crippen molar-refractivity contribution in [3.63, 3.8) is 0 Å². The Morgan fingerprint density at radius 2 is 1.47 bits per heavy atom. The number of esters is 2. The minimum absolute atomic E-state index is 0.299. The van der Waals surface area contributed by atoms with Crippen LogP contribution >= 0.6 is 0 Å². The van der Waals surface area contributed by atoms with Gasteiger partial charge in [-0.1, -0.05) is 38.5 Å². The number of carbonyl (C=O) groups excluding carboxylic acids is 2. The maximum Gasteiger partial charge on any atom is 0.339 e. The number of terminal acetylenes is 1. The van der Waals surface area contributed by atoms with Gasteiger partial charge in [-0.3, -0.25) is 9.59 Å². The molecule has 0 aromatic heterocycles. The zero-order valence-corrected chi connectivity index (χ0v) is 22.7. The lowest BCUT2D eigenvalue weighted by molar-refractivity contribution is -0.146. The van der Waals surface area contributed by atoms with E-state index in [2.05, 4.69) is 12.8 Å². The Morgan fingerprint density at radius 3 is 2.03 bits per heavy atom. The number of carboxylic acid groups (broad SMARTS) is 1. The second-order valence-corrected chi connectivity index (χ2v) is 11.8. The maximum absolute atomic E-state index is 13.0. The first kappa shape index (κ1) is 28.2. The molecular weight excluding hydrogens is 480 g/mol. The third kappa shape index (κ3) is 6.98.